The van der Waals surface area contributed by atoms with E-state index in [0.29, 0.717) is 5.56 Å². The Labute approximate surface area is 138 Å². The molecule has 0 spiro atoms. The molecule has 4 heteroatoms. The summed E-state index contributed by atoms with van der Waals surface area (Å²) >= 11 is 3.13. The van der Waals surface area contributed by atoms with E-state index in [9.17, 15) is 4.79 Å². The zero-order valence-electron chi connectivity index (χ0n) is 12.4. The monoisotopic (exact) mass is 325 g/mol. The van der Waals surface area contributed by atoms with Crippen LogP contribution in [0.5, 0.6) is 0 Å². The number of rotatable bonds is 4. The van der Waals surface area contributed by atoms with Gasteiger partial charge in [-0.1, -0.05) is 30.3 Å². The molecule has 0 N–H and O–H groups in total. The standard InChI is InChI=1S/C18H15NOS2/c1-12-17(16(20)13-8-10-15(21-2)11-9-13)22-18(19-12)14-6-4-3-5-7-14/h3-11H,1-2H3. The van der Waals surface area contributed by atoms with Gasteiger partial charge in [0.05, 0.1) is 10.6 Å². The molecule has 2 aromatic carbocycles. The van der Waals surface area contributed by atoms with E-state index in [4.69, 9.17) is 0 Å². The second-order valence-electron chi connectivity index (χ2n) is 4.86. The maximum atomic E-state index is 12.7. The lowest BCUT2D eigenvalue weighted by Gasteiger charge is -2.00. The highest BCUT2D eigenvalue weighted by Crippen LogP contribution is 2.29. The van der Waals surface area contributed by atoms with Gasteiger partial charge in [0.1, 0.15) is 5.01 Å². The van der Waals surface area contributed by atoms with Crippen molar-refractivity contribution >= 4 is 28.9 Å². The van der Waals surface area contributed by atoms with Crippen molar-refractivity contribution in [3.8, 4) is 10.6 Å². The van der Waals surface area contributed by atoms with Crippen LogP contribution in [0.3, 0.4) is 0 Å². The van der Waals surface area contributed by atoms with Gasteiger partial charge in [0.2, 0.25) is 5.78 Å². The summed E-state index contributed by atoms with van der Waals surface area (Å²) in [5, 5.41) is 0.891. The van der Waals surface area contributed by atoms with Crippen LogP contribution >= 0.6 is 23.1 Å². The third-order valence-electron chi connectivity index (χ3n) is 3.38. The van der Waals surface area contributed by atoms with Crippen molar-refractivity contribution in [1.82, 2.24) is 4.98 Å². The average Bonchev–Trinajstić information content (AvgIpc) is 2.97. The van der Waals surface area contributed by atoms with E-state index >= 15 is 0 Å². The largest absolute Gasteiger partial charge is 0.288 e. The zero-order valence-corrected chi connectivity index (χ0v) is 14.0. The third kappa shape index (κ3) is 2.98. The molecule has 110 valence electrons. The van der Waals surface area contributed by atoms with E-state index in [0.717, 1.165) is 26.0 Å². The van der Waals surface area contributed by atoms with Gasteiger partial charge < -0.3 is 0 Å². The molecule has 0 unspecified atom stereocenters. The minimum atomic E-state index is 0.0461. The summed E-state index contributed by atoms with van der Waals surface area (Å²) in [5.41, 5.74) is 2.55. The highest BCUT2D eigenvalue weighted by atomic mass is 32.2. The number of aromatic nitrogens is 1. The minimum absolute atomic E-state index is 0.0461. The number of thiazole rings is 1. The first-order chi connectivity index (χ1) is 10.7. The minimum Gasteiger partial charge on any atom is -0.288 e. The Morgan fingerprint density at radius 2 is 1.73 bits per heavy atom. The van der Waals surface area contributed by atoms with Crippen LogP contribution in [0.25, 0.3) is 10.6 Å². The van der Waals surface area contributed by atoms with Gasteiger partial charge in [-0.15, -0.1) is 23.1 Å². The molecule has 1 heterocycles. The van der Waals surface area contributed by atoms with Gasteiger partial charge in [-0.25, -0.2) is 4.98 Å². The van der Waals surface area contributed by atoms with Crippen LogP contribution in [0.1, 0.15) is 20.9 Å². The first-order valence-corrected chi connectivity index (χ1v) is 8.95. The molecule has 22 heavy (non-hydrogen) atoms. The first-order valence-electron chi connectivity index (χ1n) is 6.90. The van der Waals surface area contributed by atoms with Crippen molar-refractivity contribution in [2.24, 2.45) is 0 Å². The Morgan fingerprint density at radius 1 is 1.05 bits per heavy atom. The van der Waals surface area contributed by atoms with Crippen LogP contribution in [0.2, 0.25) is 0 Å². The van der Waals surface area contributed by atoms with Crippen LogP contribution in [-0.4, -0.2) is 17.0 Å². The zero-order chi connectivity index (χ0) is 15.5. The van der Waals surface area contributed by atoms with E-state index in [1.165, 1.54) is 11.3 Å². The van der Waals surface area contributed by atoms with Gasteiger partial charge >= 0.3 is 0 Å². The molecule has 3 aromatic rings. The number of hydrogen-bond donors (Lipinski definition) is 0. The topological polar surface area (TPSA) is 30.0 Å². The summed E-state index contributed by atoms with van der Waals surface area (Å²) in [4.78, 5) is 19.1. The summed E-state index contributed by atoms with van der Waals surface area (Å²) in [6, 6.07) is 17.7. The molecular formula is C18H15NOS2. The van der Waals surface area contributed by atoms with Gasteiger partial charge in [0.15, 0.2) is 0 Å². The van der Waals surface area contributed by atoms with Crippen molar-refractivity contribution in [2.45, 2.75) is 11.8 Å². The second-order valence-corrected chi connectivity index (χ2v) is 6.74. The fourth-order valence-corrected chi connectivity index (χ4v) is 3.63. The molecule has 3 rings (SSSR count). The fourth-order valence-electron chi connectivity index (χ4n) is 2.18. The molecule has 0 aliphatic carbocycles. The van der Waals surface area contributed by atoms with Gasteiger partial charge in [-0.05, 0) is 37.4 Å². The number of carbonyl (C=O) groups is 1. The molecule has 0 saturated heterocycles. The number of carbonyl (C=O) groups excluding carboxylic acids is 1. The SMILES string of the molecule is CSc1ccc(C(=O)c2sc(-c3ccccc3)nc2C)cc1. The second kappa shape index (κ2) is 6.46. The van der Waals surface area contributed by atoms with Crippen molar-refractivity contribution in [3.63, 3.8) is 0 Å². The van der Waals surface area contributed by atoms with Crippen molar-refractivity contribution in [2.75, 3.05) is 6.26 Å². The molecule has 0 saturated carbocycles. The Bertz CT molecular complexity index is 792. The highest BCUT2D eigenvalue weighted by Gasteiger charge is 2.17. The molecule has 2 nitrogen and oxygen atoms in total. The van der Waals surface area contributed by atoms with Gasteiger partial charge in [-0.2, -0.15) is 0 Å². The Balaban J connectivity index is 1.94. The summed E-state index contributed by atoms with van der Waals surface area (Å²) in [5.74, 6) is 0.0461. The number of aryl methyl sites for hydroxylation is 1. The molecule has 0 radical (unpaired) electrons. The van der Waals surface area contributed by atoms with E-state index in [1.807, 2.05) is 67.8 Å². The summed E-state index contributed by atoms with van der Waals surface area (Å²) in [6.45, 7) is 1.90. The lowest BCUT2D eigenvalue weighted by molar-refractivity contribution is 0.104. The first kappa shape index (κ1) is 15.0. The number of thioether (sulfide) groups is 1. The molecular weight excluding hydrogens is 310 g/mol. The Kier molecular flexibility index (Phi) is 4.41. The quantitative estimate of drug-likeness (QED) is 0.495. The van der Waals surface area contributed by atoms with Crippen LogP contribution in [-0.2, 0) is 0 Å². The number of nitrogens with zero attached hydrogens (tertiary/aromatic N) is 1. The van der Waals surface area contributed by atoms with Crippen LogP contribution in [0, 0.1) is 6.92 Å². The predicted octanol–water partition coefficient (Wildman–Crippen LogP) is 5.07. The number of benzene rings is 2. The normalized spacial score (nSPS) is 10.6. The van der Waals surface area contributed by atoms with E-state index in [1.54, 1.807) is 11.8 Å². The smallest absolute Gasteiger partial charge is 0.204 e. The molecule has 0 bridgehead atoms. The maximum Gasteiger partial charge on any atom is 0.204 e. The van der Waals surface area contributed by atoms with Gasteiger partial charge in [-0.3, -0.25) is 4.79 Å². The molecule has 0 atom stereocenters. The molecule has 0 amide bonds. The lowest BCUT2D eigenvalue weighted by atomic mass is 10.1. The predicted molar refractivity (Wildman–Crippen MR) is 93.9 cm³/mol. The summed E-state index contributed by atoms with van der Waals surface area (Å²) < 4.78 is 0. The Morgan fingerprint density at radius 3 is 2.36 bits per heavy atom. The van der Waals surface area contributed by atoms with Crippen molar-refractivity contribution in [1.29, 1.82) is 0 Å². The molecule has 0 fully saturated rings. The number of ketones is 1. The van der Waals surface area contributed by atoms with Crippen molar-refractivity contribution in [3.05, 3.63) is 70.7 Å². The van der Waals surface area contributed by atoms with E-state index in [2.05, 4.69) is 4.98 Å². The maximum absolute atomic E-state index is 12.7. The molecule has 0 aliphatic rings. The number of hydrogen-bond acceptors (Lipinski definition) is 4. The Hall–Kier alpha value is -1.91. The van der Waals surface area contributed by atoms with Crippen molar-refractivity contribution < 1.29 is 4.79 Å². The van der Waals surface area contributed by atoms with Gasteiger partial charge in [0.25, 0.3) is 0 Å². The van der Waals surface area contributed by atoms with Crippen LogP contribution in [0.15, 0.2) is 59.5 Å². The fraction of sp³-hybridized carbons (Fsp3) is 0.111. The van der Waals surface area contributed by atoms with E-state index in [-0.39, 0.29) is 5.78 Å². The molecule has 1 aromatic heterocycles. The molecule has 0 aliphatic heterocycles. The lowest BCUT2D eigenvalue weighted by Crippen LogP contribution is -2.00. The summed E-state index contributed by atoms with van der Waals surface area (Å²) in [6.07, 6.45) is 2.02. The highest BCUT2D eigenvalue weighted by molar-refractivity contribution is 7.98. The third-order valence-corrected chi connectivity index (χ3v) is 5.32. The average molecular weight is 325 g/mol. The van der Waals surface area contributed by atoms with Crippen LogP contribution < -0.4 is 0 Å². The summed E-state index contributed by atoms with van der Waals surface area (Å²) in [7, 11) is 0. The van der Waals surface area contributed by atoms with Gasteiger partial charge in [0, 0.05) is 16.0 Å². The van der Waals surface area contributed by atoms with Crippen LogP contribution in [0.4, 0.5) is 0 Å². The van der Waals surface area contributed by atoms with E-state index < -0.39 is 0 Å².